The number of nitrogens with one attached hydrogen (secondary N) is 3. The van der Waals surface area contributed by atoms with Crippen LogP contribution >= 0.6 is 11.3 Å². The lowest BCUT2D eigenvalue weighted by Crippen LogP contribution is -2.27. The zero-order chi connectivity index (χ0) is 23.3. The molecular formula is C25H27N3O3S. The fourth-order valence-electron chi connectivity index (χ4n) is 3.31. The lowest BCUT2D eigenvalue weighted by Gasteiger charge is -2.17. The Kier molecular flexibility index (Phi) is 7.43. The summed E-state index contributed by atoms with van der Waals surface area (Å²) < 4.78 is 0. The molecule has 0 aliphatic heterocycles. The van der Waals surface area contributed by atoms with Gasteiger partial charge in [-0.15, -0.1) is 11.3 Å². The molecule has 0 unspecified atom stereocenters. The van der Waals surface area contributed by atoms with E-state index in [2.05, 4.69) is 22.0 Å². The van der Waals surface area contributed by atoms with E-state index >= 15 is 0 Å². The first-order valence-corrected chi connectivity index (χ1v) is 11.2. The number of hydrogen-bond donors (Lipinski definition) is 3. The van der Waals surface area contributed by atoms with Gasteiger partial charge in [-0.25, -0.2) is 0 Å². The van der Waals surface area contributed by atoms with Crippen molar-refractivity contribution in [3.63, 3.8) is 0 Å². The van der Waals surface area contributed by atoms with E-state index < -0.39 is 0 Å². The number of amides is 3. The molecule has 32 heavy (non-hydrogen) atoms. The summed E-state index contributed by atoms with van der Waals surface area (Å²) in [6, 6.07) is 17.2. The van der Waals surface area contributed by atoms with Crippen LogP contribution in [0.4, 0.5) is 5.69 Å². The third-order valence-electron chi connectivity index (χ3n) is 4.99. The largest absolute Gasteiger partial charge is 0.351 e. The minimum Gasteiger partial charge on any atom is -0.351 e. The molecule has 0 aliphatic rings. The van der Waals surface area contributed by atoms with Gasteiger partial charge in [0.25, 0.3) is 5.91 Å². The second kappa shape index (κ2) is 10.2. The topological polar surface area (TPSA) is 87.3 Å². The molecular weight excluding hydrogens is 422 g/mol. The predicted octanol–water partition coefficient (Wildman–Crippen LogP) is 4.81. The van der Waals surface area contributed by atoms with Crippen LogP contribution in [0.25, 0.3) is 10.4 Å². The minimum atomic E-state index is -0.204. The van der Waals surface area contributed by atoms with Gasteiger partial charge in [0.2, 0.25) is 11.8 Å². The summed E-state index contributed by atoms with van der Waals surface area (Å²) in [7, 11) is 0. The Morgan fingerprint density at radius 3 is 2.47 bits per heavy atom. The van der Waals surface area contributed by atoms with Crippen molar-refractivity contribution in [1.29, 1.82) is 0 Å². The quantitative estimate of drug-likeness (QED) is 0.484. The van der Waals surface area contributed by atoms with Crippen LogP contribution in [0.2, 0.25) is 0 Å². The highest BCUT2D eigenvalue weighted by Gasteiger charge is 2.15. The van der Waals surface area contributed by atoms with Crippen LogP contribution in [0.5, 0.6) is 0 Å². The van der Waals surface area contributed by atoms with E-state index in [0.717, 1.165) is 26.4 Å². The van der Waals surface area contributed by atoms with E-state index in [9.17, 15) is 14.4 Å². The number of benzene rings is 2. The molecule has 0 saturated carbocycles. The van der Waals surface area contributed by atoms with E-state index in [0.29, 0.717) is 17.8 Å². The van der Waals surface area contributed by atoms with Crippen LogP contribution in [0.1, 0.15) is 53.2 Å². The van der Waals surface area contributed by atoms with E-state index in [1.54, 1.807) is 23.5 Å². The first-order chi connectivity index (χ1) is 15.2. The van der Waals surface area contributed by atoms with Gasteiger partial charge in [-0.3, -0.25) is 14.4 Å². The fraction of sp³-hybridized carbons (Fsp3) is 0.240. The molecule has 0 bridgehead atoms. The van der Waals surface area contributed by atoms with Gasteiger partial charge in [0.15, 0.2) is 0 Å². The molecule has 1 atom stereocenters. The van der Waals surface area contributed by atoms with Crippen molar-refractivity contribution in [2.45, 2.75) is 40.3 Å². The zero-order valence-electron chi connectivity index (χ0n) is 18.6. The average Bonchev–Trinajstić information content (AvgIpc) is 3.22. The summed E-state index contributed by atoms with van der Waals surface area (Å²) in [5.41, 5.74) is 4.01. The van der Waals surface area contributed by atoms with E-state index in [1.807, 2.05) is 50.2 Å². The summed E-state index contributed by atoms with van der Waals surface area (Å²) in [4.78, 5) is 37.6. The van der Waals surface area contributed by atoms with Crippen molar-refractivity contribution in [3.8, 4) is 10.4 Å². The number of rotatable bonds is 7. The van der Waals surface area contributed by atoms with Gasteiger partial charge in [-0.1, -0.05) is 24.3 Å². The third-order valence-corrected chi connectivity index (χ3v) is 6.13. The molecule has 1 aromatic heterocycles. The van der Waals surface area contributed by atoms with Gasteiger partial charge in [-0.05, 0) is 60.9 Å². The highest BCUT2D eigenvalue weighted by molar-refractivity contribution is 7.15. The van der Waals surface area contributed by atoms with Crippen molar-refractivity contribution >= 4 is 34.7 Å². The van der Waals surface area contributed by atoms with Crippen LogP contribution < -0.4 is 16.0 Å². The molecule has 0 spiro atoms. The molecule has 1 heterocycles. The zero-order valence-corrected chi connectivity index (χ0v) is 19.4. The van der Waals surface area contributed by atoms with Crippen LogP contribution in [-0.2, 0) is 16.1 Å². The van der Waals surface area contributed by atoms with Gasteiger partial charge in [0.1, 0.15) is 0 Å². The normalized spacial score (nSPS) is 11.5. The molecule has 2 aromatic carbocycles. The Bertz CT molecular complexity index is 1150. The SMILES string of the molecule is CC(=O)NCc1ccc(-c2cccc([C@@H](C)NC(=O)c3cc(NC(C)=O)ccc3C)c2)s1. The molecule has 0 aliphatic carbocycles. The van der Waals surface area contributed by atoms with Gasteiger partial charge >= 0.3 is 0 Å². The molecule has 3 aromatic rings. The molecule has 6 nitrogen and oxygen atoms in total. The number of aryl methyl sites for hydroxylation is 1. The first-order valence-electron chi connectivity index (χ1n) is 10.4. The first kappa shape index (κ1) is 23.2. The molecule has 7 heteroatoms. The number of carbonyl (C=O) groups is 3. The average molecular weight is 450 g/mol. The number of carbonyl (C=O) groups excluding carboxylic acids is 3. The summed E-state index contributed by atoms with van der Waals surface area (Å²) >= 11 is 1.63. The fourth-order valence-corrected chi connectivity index (χ4v) is 4.25. The maximum atomic E-state index is 12.9. The monoisotopic (exact) mass is 449 g/mol. The van der Waals surface area contributed by atoms with Gasteiger partial charge in [0.05, 0.1) is 12.6 Å². The Morgan fingerprint density at radius 1 is 0.969 bits per heavy atom. The van der Waals surface area contributed by atoms with Crippen LogP contribution in [0, 0.1) is 6.92 Å². The third kappa shape index (κ3) is 6.04. The highest BCUT2D eigenvalue weighted by atomic mass is 32.1. The molecule has 3 rings (SSSR count). The molecule has 0 fully saturated rings. The summed E-state index contributed by atoms with van der Waals surface area (Å²) in [6.45, 7) is 7.27. The van der Waals surface area contributed by atoms with Crippen LogP contribution in [0.15, 0.2) is 54.6 Å². The maximum absolute atomic E-state index is 12.9. The molecule has 0 radical (unpaired) electrons. The minimum absolute atomic E-state index is 0.0515. The lowest BCUT2D eigenvalue weighted by atomic mass is 10.0. The number of hydrogen-bond acceptors (Lipinski definition) is 4. The number of anilines is 1. The summed E-state index contributed by atoms with van der Waals surface area (Å²) in [6.07, 6.45) is 0. The molecule has 3 N–H and O–H groups in total. The smallest absolute Gasteiger partial charge is 0.252 e. The Morgan fingerprint density at radius 2 is 1.75 bits per heavy atom. The van der Waals surface area contributed by atoms with Crippen molar-refractivity contribution in [1.82, 2.24) is 10.6 Å². The molecule has 0 saturated heterocycles. The van der Waals surface area contributed by atoms with E-state index in [1.165, 1.54) is 13.8 Å². The van der Waals surface area contributed by atoms with Crippen molar-refractivity contribution in [3.05, 3.63) is 76.2 Å². The van der Waals surface area contributed by atoms with Gasteiger partial charge in [-0.2, -0.15) is 0 Å². The number of thiophene rings is 1. The van der Waals surface area contributed by atoms with Gasteiger partial charge < -0.3 is 16.0 Å². The Hall–Kier alpha value is -3.45. The van der Waals surface area contributed by atoms with Crippen LogP contribution in [0.3, 0.4) is 0 Å². The second-order valence-corrected chi connectivity index (χ2v) is 8.88. The van der Waals surface area contributed by atoms with Crippen molar-refractivity contribution in [2.24, 2.45) is 0 Å². The van der Waals surface area contributed by atoms with Crippen LogP contribution in [-0.4, -0.2) is 17.7 Å². The Labute approximate surface area is 192 Å². The molecule has 166 valence electrons. The predicted molar refractivity (Wildman–Crippen MR) is 129 cm³/mol. The van der Waals surface area contributed by atoms with Crippen molar-refractivity contribution in [2.75, 3.05) is 5.32 Å². The van der Waals surface area contributed by atoms with E-state index in [4.69, 9.17) is 0 Å². The Balaban J connectivity index is 1.74. The lowest BCUT2D eigenvalue weighted by molar-refractivity contribution is -0.119. The maximum Gasteiger partial charge on any atom is 0.252 e. The summed E-state index contributed by atoms with van der Waals surface area (Å²) in [5, 5.41) is 8.58. The van der Waals surface area contributed by atoms with Crippen molar-refractivity contribution < 1.29 is 14.4 Å². The van der Waals surface area contributed by atoms with E-state index in [-0.39, 0.29) is 23.8 Å². The summed E-state index contributed by atoms with van der Waals surface area (Å²) in [5.74, 6) is -0.426. The highest BCUT2D eigenvalue weighted by Crippen LogP contribution is 2.30. The second-order valence-electron chi connectivity index (χ2n) is 7.71. The molecule has 3 amide bonds. The van der Waals surface area contributed by atoms with Gasteiger partial charge in [0, 0.05) is 34.9 Å². The standard InChI is InChI=1S/C25H27N3O3S/c1-15-8-9-21(28-18(4)30)13-23(15)25(31)27-16(2)19-6-5-7-20(12-19)24-11-10-22(32-24)14-26-17(3)29/h5-13,16H,14H2,1-4H3,(H,26,29)(H,27,31)(H,28,30)/t16-/m1/s1.